The third-order valence-electron chi connectivity index (χ3n) is 2.31. The molecule has 1 rings (SSSR count). The minimum absolute atomic E-state index is 0.212. The summed E-state index contributed by atoms with van der Waals surface area (Å²) in [6.45, 7) is 1.45. The van der Waals surface area contributed by atoms with Crippen molar-refractivity contribution in [3.63, 3.8) is 0 Å². The number of rotatable bonds is 6. The zero-order valence-corrected chi connectivity index (χ0v) is 11.4. The highest BCUT2D eigenvalue weighted by atomic mass is 32.2. The number of nitro groups is 1. The molecule has 8 heteroatoms. The van der Waals surface area contributed by atoms with Crippen molar-refractivity contribution in [2.45, 2.75) is 17.1 Å². The van der Waals surface area contributed by atoms with E-state index in [2.05, 4.69) is 0 Å². The second-order valence-corrected chi connectivity index (χ2v) is 4.91. The van der Waals surface area contributed by atoms with E-state index in [9.17, 15) is 14.9 Å². The Morgan fingerprint density at radius 3 is 2.32 bits per heavy atom. The van der Waals surface area contributed by atoms with Crippen molar-refractivity contribution in [1.29, 1.82) is 0 Å². The van der Waals surface area contributed by atoms with Crippen LogP contribution in [0.4, 0.5) is 5.69 Å². The van der Waals surface area contributed by atoms with Crippen molar-refractivity contribution >= 4 is 23.4 Å². The number of carboxylic acids is 1. The quantitative estimate of drug-likeness (QED) is 0.486. The smallest absolute Gasteiger partial charge is 0.316 e. The van der Waals surface area contributed by atoms with E-state index in [1.807, 2.05) is 0 Å². The summed E-state index contributed by atoms with van der Waals surface area (Å²) in [7, 11) is 2.77. The molecule has 1 aromatic carbocycles. The second-order valence-electron chi connectivity index (χ2n) is 3.53. The van der Waals surface area contributed by atoms with Gasteiger partial charge in [0.2, 0.25) is 0 Å². The van der Waals surface area contributed by atoms with Crippen LogP contribution in [0.2, 0.25) is 0 Å². The highest BCUT2D eigenvalue weighted by molar-refractivity contribution is 8.00. The molecule has 0 aliphatic rings. The first kappa shape index (κ1) is 15.1. The number of thioether (sulfide) groups is 1. The van der Waals surface area contributed by atoms with Gasteiger partial charge in [-0.2, -0.15) is 0 Å². The molecule has 104 valence electrons. The Balaban J connectivity index is 3.27. The first-order valence-electron chi connectivity index (χ1n) is 5.20. The summed E-state index contributed by atoms with van der Waals surface area (Å²) >= 11 is 0.879. The van der Waals surface area contributed by atoms with Crippen LogP contribution in [0.3, 0.4) is 0 Å². The van der Waals surface area contributed by atoms with Crippen LogP contribution in [0, 0.1) is 10.1 Å². The third kappa shape index (κ3) is 3.50. The fourth-order valence-electron chi connectivity index (χ4n) is 1.33. The lowest BCUT2D eigenvalue weighted by atomic mass is 10.3. The molecule has 0 fully saturated rings. The van der Waals surface area contributed by atoms with Gasteiger partial charge in [0.05, 0.1) is 30.1 Å². The molecule has 0 radical (unpaired) electrons. The zero-order chi connectivity index (χ0) is 14.6. The highest BCUT2D eigenvalue weighted by Gasteiger charge is 2.23. The summed E-state index contributed by atoms with van der Waals surface area (Å²) < 4.78 is 10.0. The number of nitrogens with zero attached hydrogens (tertiary/aromatic N) is 1. The standard InChI is InChI=1S/C11H13NO6S/c1-6(11(13)14)19-10-5-9(18-3)8(17-2)4-7(10)12(15)16/h4-6H,1-3H3,(H,13,14). The van der Waals surface area contributed by atoms with E-state index in [-0.39, 0.29) is 16.3 Å². The number of benzene rings is 1. The van der Waals surface area contributed by atoms with Crippen LogP contribution >= 0.6 is 11.8 Å². The number of methoxy groups -OCH3 is 2. The van der Waals surface area contributed by atoms with E-state index < -0.39 is 16.1 Å². The first-order chi connectivity index (χ1) is 8.90. The fraction of sp³-hybridized carbons (Fsp3) is 0.364. The number of hydrogen-bond donors (Lipinski definition) is 1. The molecule has 0 aromatic heterocycles. The molecule has 1 N–H and O–H groups in total. The summed E-state index contributed by atoms with van der Waals surface area (Å²) in [5.41, 5.74) is -0.212. The summed E-state index contributed by atoms with van der Waals surface area (Å²) in [6, 6.07) is 2.62. The number of nitro benzene ring substituents is 1. The molecule has 0 aliphatic heterocycles. The normalized spacial score (nSPS) is 11.7. The molecule has 7 nitrogen and oxygen atoms in total. The van der Waals surface area contributed by atoms with Crippen LogP contribution in [-0.4, -0.2) is 35.5 Å². The van der Waals surface area contributed by atoms with Gasteiger partial charge >= 0.3 is 5.97 Å². The van der Waals surface area contributed by atoms with Gasteiger partial charge < -0.3 is 14.6 Å². The minimum atomic E-state index is -1.05. The predicted molar refractivity (Wildman–Crippen MR) is 69.2 cm³/mol. The van der Waals surface area contributed by atoms with Gasteiger partial charge in [-0.25, -0.2) is 0 Å². The molecular formula is C11H13NO6S. The summed E-state index contributed by atoms with van der Waals surface area (Å²) in [5, 5.41) is 19.0. The Hall–Kier alpha value is -1.96. The van der Waals surface area contributed by atoms with Crippen molar-refractivity contribution in [2.24, 2.45) is 0 Å². The van der Waals surface area contributed by atoms with Crippen molar-refractivity contribution < 1.29 is 24.3 Å². The molecule has 1 atom stereocenters. The maximum atomic E-state index is 11.0. The topological polar surface area (TPSA) is 98.9 Å². The summed E-state index contributed by atoms with van der Waals surface area (Å²) in [6.07, 6.45) is 0. The van der Waals surface area contributed by atoms with Crippen LogP contribution < -0.4 is 9.47 Å². The molecule has 0 spiro atoms. The third-order valence-corrected chi connectivity index (χ3v) is 3.45. The van der Waals surface area contributed by atoms with E-state index in [0.717, 1.165) is 11.8 Å². The maximum Gasteiger partial charge on any atom is 0.316 e. The number of ether oxygens (including phenoxy) is 2. The average molecular weight is 287 g/mol. The first-order valence-corrected chi connectivity index (χ1v) is 6.08. The van der Waals surface area contributed by atoms with E-state index in [1.54, 1.807) is 0 Å². The molecule has 0 saturated carbocycles. The summed E-state index contributed by atoms with van der Waals surface area (Å²) in [4.78, 5) is 21.4. The van der Waals surface area contributed by atoms with E-state index in [4.69, 9.17) is 14.6 Å². The Morgan fingerprint density at radius 1 is 1.37 bits per heavy atom. The minimum Gasteiger partial charge on any atom is -0.493 e. The van der Waals surface area contributed by atoms with Gasteiger partial charge in [0.25, 0.3) is 5.69 Å². The molecule has 1 aromatic rings. The fourth-order valence-corrected chi connectivity index (χ4v) is 2.24. The zero-order valence-electron chi connectivity index (χ0n) is 10.6. The second kappa shape index (κ2) is 6.28. The molecular weight excluding hydrogens is 274 g/mol. The van der Waals surface area contributed by atoms with E-state index in [0.29, 0.717) is 5.75 Å². The lowest BCUT2D eigenvalue weighted by Crippen LogP contribution is -2.11. The molecule has 1 unspecified atom stereocenters. The van der Waals surface area contributed by atoms with Crippen LogP contribution in [0.15, 0.2) is 17.0 Å². The highest BCUT2D eigenvalue weighted by Crippen LogP contribution is 2.40. The molecule has 19 heavy (non-hydrogen) atoms. The maximum absolute atomic E-state index is 11.0. The number of carbonyl (C=O) groups is 1. The van der Waals surface area contributed by atoms with Gasteiger partial charge in [-0.05, 0) is 6.92 Å². The monoisotopic (exact) mass is 287 g/mol. The van der Waals surface area contributed by atoms with Crippen molar-refractivity contribution in [2.75, 3.05) is 14.2 Å². The van der Waals surface area contributed by atoms with Crippen molar-refractivity contribution in [1.82, 2.24) is 0 Å². The molecule has 0 aliphatic carbocycles. The van der Waals surface area contributed by atoms with Crippen LogP contribution in [0.25, 0.3) is 0 Å². The van der Waals surface area contributed by atoms with Gasteiger partial charge in [-0.1, -0.05) is 0 Å². The molecule has 0 bridgehead atoms. The molecule has 0 saturated heterocycles. The SMILES string of the molecule is COc1cc(SC(C)C(=O)O)c([N+](=O)[O-])cc1OC. The lowest BCUT2D eigenvalue weighted by molar-refractivity contribution is -0.387. The van der Waals surface area contributed by atoms with Crippen molar-refractivity contribution in [3.8, 4) is 11.5 Å². The largest absolute Gasteiger partial charge is 0.493 e. The summed E-state index contributed by atoms with van der Waals surface area (Å²) in [5.74, 6) is -0.510. The lowest BCUT2D eigenvalue weighted by Gasteiger charge is -2.11. The number of hydrogen-bond acceptors (Lipinski definition) is 6. The number of carboxylic acid groups (broad SMARTS) is 1. The molecule has 0 amide bonds. The Bertz CT molecular complexity index is 504. The molecule has 0 heterocycles. The average Bonchev–Trinajstić information content (AvgIpc) is 2.37. The van der Waals surface area contributed by atoms with Crippen LogP contribution in [0.1, 0.15) is 6.92 Å². The van der Waals surface area contributed by atoms with Gasteiger partial charge in [0, 0.05) is 6.07 Å². The van der Waals surface area contributed by atoms with Crippen molar-refractivity contribution in [3.05, 3.63) is 22.2 Å². The van der Waals surface area contributed by atoms with Gasteiger partial charge in [0.1, 0.15) is 5.25 Å². The van der Waals surface area contributed by atoms with Gasteiger partial charge in [-0.3, -0.25) is 14.9 Å². The van der Waals surface area contributed by atoms with E-state index in [1.165, 1.54) is 33.3 Å². The Labute approximate surface area is 113 Å². The van der Waals surface area contributed by atoms with E-state index >= 15 is 0 Å². The Kier molecular flexibility index (Phi) is 4.99. The Morgan fingerprint density at radius 2 is 1.89 bits per heavy atom. The van der Waals surface area contributed by atoms with Gasteiger partial charge in [-0.15, -0.1) is 11.8 Å². The predicted octanol–water partition coefficient (Wildman–Crippen LogP) is 2.18. The van der Waals surface area contributed by atoms with Crippen LogP contribution in [-0.2, 0) is 4.79 Å². The van der Waals surface area contributed by atoms with Gasteiger partial charge in [0.15, 0.2) is 11.5 Å². The van der Waals surface area contributed by atoms with Crippen LogP contribution in [0.5, 0.6) is 11.5 Å². The number of aliphatic carboxylic acids is 1.